The van der Waals surface area contributed by atoms with Crippen LogP contribution in [-0.2, 0) is 15.3 Å². The highest BCUT2D eigenvalue weighted by Crippen LogP contribution is 2.19. The van der Waals surface area contributed by atoms with Gasteiger partial charge in [0.1, 0.15) is 0 Å². The molecule has 100 valence electrons. The van der Waals surface area contributed by atoms with Crippen molar-refractivity contribution in [2.45, 2.75) is 25.0 Å². The quantitative estimate of drug-likeness (QED) is 0.736. The average molecular weight is 268 g/mol. The van der Waals surface area contributed by atoms with Crippen molar-refractivity contribution in [3.63, 3.8) is 0 Å². The van der Waals surface area contributed by atoms with Crippen LogP contribution in [0.3, 0.4) is 0 Å². The number of methoxy groups -OCH3 is 1. The fourth-order valence-electron chi connectivity index (χ4n) is 1.54. The SMILES string of the molecule is COCCCSCc1ccc(C(C)C(=O)O)cc1. The maximum Gasteiger partial charge on any atom is 0.310 e. The molecule has 0 fully saturated rings. The molecule has 1 aromatic rings. The minimum atomic E-state index is -0.781. The van der Waals surface area contributed by atoms with Gasteiger partial charge in [-0.05, 0) is 30.2 Å². The second kappa shape index (κ2) is 8.16. The predicted octanol–water partition coefficient (Wildman–Crippen LogP) is 3.14. The molecule has 0 saturated heterocycles. The van der Waals surface area contributed by atoms with Crippen LogP contribution in [-0.4, -0.2) is 30.5 Å². The van der Waals surface area contributed by atoms with Gasteiger partial charge in [0.15, 0.2) is 0 Å². The minimum absolute atomic E-state index is 0.437. The van der Waals surface area contributed by atoms with Gasteiger partial charge in [0.2, 0.25) is 0 Å². The lowest BCUT2D eigenvalue weighted by Gasteiger charge is -2.07. The molecular weight excluding hydrogens is 248 g/mol. The fraction of sp³-hybridized carbons (Fsp3) is 0.500. The van der Waals surface area contributed by atoms with Crippen molar-refractivity contribution in [3.8, 4) is 0 Å². The Labute approximate surface area is 113 Å². The number of ether oxygens (including phenoxy) is 1. The van der Waals surface area contributed by atoms with Crippen LogP contribution in [0.5, 0.6) is 0 Å². The number of hydrogen-bond acceptors (Lipinski definition) is 3. The maximum absolute atomic E-state index is 10.8. The lowest BCUT2D eigenvalue weighted by molar-refractivity contribution is -0.138. The number of benzene rings is 1. The smallest absolute Gasteiger partial charge is 0.310 e. The molecule has 0 aliphatic heterocycles. The number of carboxylic acids is 1. The van der Waals surface area contributed by atoms with Crippen molar-refractivity contribution in [1.29, 1.82) is 0 Å². The molecule has 0 amide bonds. The summed E-state index contributed by atoms with van der Waals surface area (Å²) in [6, 6.07) is 7.84. The fourth-order valence-corrected chi connectivity index (χ4v) is 2.43. The largest absolute Gasteiger partial charge is 0.481 e. The Bertz CT molecular complexity index is 362. The monoisotopic (exact) mass is 268 g/mol. The molecule has 3 nitrogen and oxygen atoms in total. The van der Waals surface area contributed by atoms with Crippen molar-refractivity contribution < 1.29 is 14.6 Å². The van der Waals surface area contributed by atoms with Crippen molar-refractivity contribution in [1.82, 2.24) is 0 Å². The highest BCUT2D eigenvalue weighted by molar-refractivity contribution is 7.98. The summed E-state index contributed by atoms with van der Waals surface area (Å²) in [7, 11) is 1.72. The van der Waals surface area contributed by atoms with Gasteiger partial charge in [-0.15, -0.1) is 0 Å². The van der Waals surface area contributed by atoms with Gasteiger partial charge < -0.3 is 9.84 Å². The van der Waals surface area contributed by atoms with Gasteiger partial charge in [-0.2, -0.15) is 11.8 Å². The normalized spacial score (nSPS) is 12.3. The third-order valence-corrected chi connectivity index (χ3v) is 3.87. The van der Waals surface area contributed by atoms with Crippen LogP contribution < -0.4 is 0 Å². The van der Waals surface area contributed by atoms with E-state index in [1.165, 1.54) is 5.56 Å². The van der Waals surface area contributed by atoms with E-state index in [2.05, 4.69) is 0 Å². The summed E-state index contributed by atoms with van der Waals surface area (Å²) in [6.45, 7) is 2.51. The Morgan fingerprint density at radius 2 is 2.06 bits per heavy atom. The zero-order chi connectivity index (χ0) is 13.4. The van der Waals surface area contributed by atoms with Crippen molar-refractivity contribution in [2.75, 3.05) is 19.5 Å². The summed E-state index contributed by atoms with van der Waals surface area (Å²) in [5, 5.41) is 8.91. The van der Waals surface area contributed by atoms with Crippen LogP contribution in [0.15, 0.2) is 24.3 Å². The Morgan fingerprint density at radius 1 is 1.39 bits per heavy atom. The molecule has 4 heteroatoms. The molecule has 0 radical (unpaired) electrons. The van der Waals surface area contributed by atoms with E-state index in [0.717, 1.165) is 30.1 Å². The van der Waals surface area contributed by atoms with E-state index >= 15 is 0 Å². The molecule has 0 heterocycles. The Balaban J connectivity index is 2.38. The lowest BCUT2D eigenvalue weighted by Crippen LogP contribution is -2.07. The first-order chi connectivity index (χ1) is 8.65. The molecule has 0 bridgehead atoms. The summed E-state index contributed by atoms with van der Waals surface area (Å²) < 4.78 is 4.99. The molecule has 1 unspecified atom stereocenters. The third-order valence-electron chi connectivity index (χ3n) is 2.76. The summed E-state index contributed by atoms with van der Waals surface area (Å²) in [5.41, 5.74) is 2.09. The van der Waals surface area contributed by atoms with Crippen molar-refractivity contribution >= 4 is 17.7 Å². The molecule has 1 atom stereocenters. The Morgan fingerprint density at radius 3 is 2.61 bits per heavy atom. The van der Waals surface area contributed by atoms with Gasteiger partial charge in [0, 0.05) is 19.5 Å². The highest BCUT2D eigenvalue weighted by Gasteiger charge is 2.12. The Hall–Kier alpha value is -1.00. The van der Waals surface area contributed by atoms with Gasteiger partial charge in [-0.25, -0.2) is 0 Å². The lowest BCUT2D eigenvalue weighted by atomic mass is 10.0. The second-order valence-corrected chi connectivity index (χ2v) is 5.31. The summed E-state index contributed by atoms with van der Waals surface area (Å²) in [4.78, 5) is 10.8. The van der Waals surface area contributed by atoms with E-state index in [9.17, 15) is 4.79 Å². The van der Waals surface area contributed by atoms with E-state index in [4.69, 9.17) is 9.84 Å². The van der Waals surface area contributed by atoms with Crippen LogP contribution >= 0.6 is 11.8 Å². The summed E-state index contributed by atoms with van der Waals surface area (Å²) in [5.74, 6) is 0.831. The average Bonchev–Trinajstić information content (AvgIpc) is 2.38. The van der Waals surface area contributed by atoms with Gasteiger partial charge >= 0.3 is 5.97 Å². The van der Waals surface area contributed by atoms with E-state index < -0.39 is 11.9 Å². The van der Waals surface area contributed by atoms with Gasteiger partial charge in [-0.3, -0.25) is 4.79 Å². The van der Waals surface area contributed by atoms with Gasteiger partial charge in [-0.1, -0.05) is 24.3 Å². The van der Waals surface area contributed by atoms with E-state index in [1.807, 2.05) is 36.0 Å². The molecule has 1 aromatic carbocycles. The molecule has 18 heavy (non-hydrogen) atoms. The molecule has 1 rings (SSSR count). The topological polar surface area (TPSA) is 46.5 Å². The van der Waals surface area contributed by atoms with Crippen LogP contribution in [0, 0.1) is 0 Å². The second-order valence-electron chi connectivity index (χ2n) is 4.20. The first-order valence-electron chi connectivity index (χ1n) is 6.03. The van der Waals surface area contributed by atoms with Gasteiger partial charge in [0.05, 0.1) is 5.92 Å². The molecule has 0 aliphatic rings. The molecule has 0 aromatic heterocycles. The summed E-state index contributed by atoms with van der Waals surface area (Å²) >= 11 is 1.87. The molecule has 0 saturated carbocycles. The van der Waals surface area contributed by atoms with Crippen molar-refractivity contribution in [2.24, 2.45) is 0 Å². The number of rotatable bonds is 8. The zero-order valence-corrected chi connectivity index (χ0v) is 11.7. The maximum atomic E-state index is 10.8. The van der Waals surface area contributed by atoms with Crippen LogP contribution in [0.25, 0.3) is 0 Å². The Kier molecular flexibility index (Phi) is 6.83. The van der Waals surface area contributed by atoms with Gasteiger partial charge in [0.25, 0.3) is 0 Å². The molecular formula is C14H20O3S. The number of carboxylic acid groups (broad SMARTS) is 1. The number of carbonyl (C=O) groups is 1. The first kappa shape index (κ1) is 15.1. The molecule has 0 aliphatic carbocycles. The van der Waals surface area contributed by atoms with Crippen molar-refractivity contribution in [3.05, 3.63) is 35.4 Å². The zero-order valence-electron chi connectivity index (χ0n) is 10.9. The van der Waals surface area contributed by atoms with Crippen LogP contribution in [0.2, 0.25) is 0 Å². The number of hydrogen-bond donors (Lipinski definition) is 1. The number of thioether (sulfide) groups is 1. The summed E-state index contributed by atoms with van der Waals surface area (Å²) in [6.07, 6.45) is 1.06. The van der Waals surface area contributed by atoms with E-state index in [1.54, 1.807) is 14.0 Å². The molecule has 0 spiro atoms. The van der Waals surface area contributed by atoms with E-state index in [0.29, 0.717) is 0 Å². The predicted molar refractivity (Wildman–Crippen MR) is 75.1 cm³/mol. The highest BCUT2D eigenvalue weighted by atomic mass is 32.2. The minimum Gasteiger partial charge on any atom is -0.481 e. The van der Waals surface area contributed by atoms with Crippen LogP contribution in [0.1, 0.15) is 30.4 Å². The number of aliphatic carboxylic acids is 1. The van der Waals surface area contributed by atoms with E-state index in [-0.39, 0.29) is 0 Å². The molecule has 1 N–H and O–H groups in total. The van der Waals surface area contributed by atoms with Crippen LogP contribution in [0.4, 0.5) is 0 Å². The first-order valence-corrected chi connectivity index (χ1v) is 7.19. The third kappa shape index (κ3) is 5.10. The standard InChI is InChI=1S/C14H20O3S/c1-11(14(15)16)13-6-4-12(5-7-13)10-18-9-3-8-17-2/h4-7,11H,3,8-10H2,1-2H3,(H,15,16).